The summed E-state index contributed by atoms with van der Waals surface area (Å²) in [6, 6.07) is 11.9. The van der Waals surface area contributed by atoms with Crippen LogP contribution in [-0.4, -0.2) is 24.4 Å². The molecule has 1 unspecified atom stereocenters. The second kappa shape index (κ2) is 8.78. The molecule has 0 bridgehead atoms. The lowest BCUT2D eigenvalue weighted by molar-refractivity contribution is -0.121. The molecule has 1 heterocycles. The number of hydrogen-bond acceptors (Lipinski definition) is 3. The summed E-state index contributed by atoms with van der Waals surface area (Å²) in [5, 5.41) is 5.64. The molecule has 0 radical (unpaired) electrons. The molecule has 2 aromatic rings. The number of amides is 2. The maximum absolute atomic E-state index is 11.9. The molecule has 122 valence electrons. The van der Waals surface area contributed by atoms with E-state index >= 15 is 0 Å². The van der Waals surface area contributed by atoms with Gasteiger partial charge in [-0.3, -0.25) is 9.59 Å². The van der Waals surface area contributed by atoms with Crippen LogP contribution in [0, 0.1) is 0 Å². The Kier molecular flexibility index (Phi) is 6.41. The van der Waals surface area contributed by atoms with E-state index in [1.165, 1.54) is 18.1 Å². The van der Waals surface area contributed by atoms with Crippen molar-refractivity contribution in [2.45, 2.75) is 32.2 Å². The Hall–Kier alpha value is -2.56. The van der Waals surface area contributed by atoms with E-state index in [1.54, 1.807) is 6.07 Å². The first-order valence-corrected chi connectivity index (χ1v) is 7.79. The van der Waals surface area contributed by atoms with Gasteiger partial charge in [0.25, 0.3) is 5.91 Å². The Morgan fingerprint density at radius 3 is 2.65 bits per heavy atom. The molecule has 0 aliphatic rings. The fourth-order valence-corrected chi connectivity index (χ4v) is 2.23. The molecule has 0 fully saturated rings. The van der Waals surface area contributed by atoms with Crippen molar-refractivity contribution in [2.75, 3.05) is 6.54 Å². The first kappa shape index (κ1) is 16.8. The van der Waals surface area contributed by atoms with Gasteiger partial charge in [0.15, 0.2) is 0 Å². The Labute approximate surface area is 136 Å². The van der Waals surface area contributed by atoms with Crippen molar-refractivity contribution < 1.29 is 14.0 Å². The number of furan rings is 1. The maximum atomic E-state index is 11.9. The molecule has 1 atom stereocenters. The Balaban J connectivity index is 1.61. The summed E-state index contributed by atoms with van der Waals surface area (Å²) < 4.78 is 4.84. The molecule has 5 heteroatoms. The summed E-state index contributed by atoms with van der Waals surface area (Å²) in [4.78, 5) is 23.5. The fourth-order valence-electron chi connectivity index (χ4n) is 2.23. The van der Waals surface area contributed by atoms with Crippen LogP contribution in [0.15, 0.2) is 53.3 Å². The van der Waals surface area contributed by atoms with Gasteiger partial charge in [-0.1, -0.05) is 30.3 Å². The van der Waals surface area contributed by atoms with E-state index in [0.29, 0.717) is 12.1 Å². The number of hydrogen-bond donors (Lipinski definition) is 2. The molecule has 0 saturated carbocycles. The van der Waals surface area contributed by atoms with Gasteiger partial charge < -0.3 is 15.1 Å². The van der Waals surface area contributed by atoms with Gasteiger partial charge >= 0.3 is 0 Å². The topological polar surface area (TPSA) is 71.3 Å². The third-order valence-electron chi connectivity index (χ3n) is 3.54. The van der Waals surface area contributed by atoms with Crippen LogP contribution in [0.3, 0.4) is 0 Å². The quantitative estimate of drug-likeness (QED) is 0.786. The highest BCUT2D eigenvalue weighted by atomic mass is 16.3. The van der Waals surface area contributed by atoms with Crippen molar-refractivity contribution in [2.24, 2.45) is 0 Å². The van der Waals surface area contributed by atoms with E-state index in [4.69, 9.17) is 4.42 Å². The molecule has 1 aromatic carbocycles. The van der Waals surface area contributed by atoms with Crippen LogP contribution in [0.2, 0.25) is 0 Å². The van der Waals surface area contributed by atoms with Crippen LogP contribution >= 0.6 is 0 Å². The van der Waals surface area contributed by atoms with E-state index in [2.05, 4.69) is 22.8 Å². The largest absolute Gasteiger partial charge is 0.472 e. The van der Waals surface area contributed by atoms with Gasteiger partial charge in [0.2, 0.25) is 5.91 Å². The molecule has 0 spiro atoms. The Morgan fingerprint density at radius 2 is 1.96 bits per heavy atom. The molecular weight excluding hydrogens is 292 g/mol. The van der Waals surface area contributed by atoms with Crippen LogP contribution < -0.4 is 10.6 Å². The average Bonchev–Trinajstić information content (AvgIpc) is 3.08. The SMILES string of the molecule is CC(CCc1ccccc1)NC(=O)CCNC(=O)c1ccoc1. The monoisotopic (exact) mass is 314 g/mol. The third kappa shape index (κ3) is 5.98. The van der Waals surface area contributed by atoms with Gasteiger partial charge in [-0.25, -0.2) is 0 Å². The minimum Gasteiger partial charge on any atom is -0.472 e. The smallest absolute Gasteiger partial charge is 0.254 e. The van der Waals surface area contributed by atoms with Crippen molar-refractivity contribution in [1.82, 2.24) is 10.6 Å². The highest BCUT2D eigenvalue weighted by Gasteiger charge is 2.10. The summed E-state index contributed by atoms with van der Waals surface area (Å²) in [6.07, 6.45) is 4.90. The fraction of sp³-hybridized carbons (Fsp3) is 0.333. The Morgan fingerprint density at radius 1 is 1.17 bits per heavy atom. The lowest BCUT2D eigenvalue weighted by atomic mass is 10.1. The van der Waals surface area contributed by atoms with Gasteiger partial charge in [-0.05, 0) is 31.4 Å². The molecule has 2 N–H and O–H groups in total. The molecule has 2 rings (SSSR count). The summed E-state index contributed by atoms with van der Waals surface area (Å²) in [7, 11) is 0. The highest BCUT2D eigenvalue weighted by molar-refractivity contribution is 5.94. The van der Waals surface area contributed by atoms with Gasteiger partial charge in [0, 0.05) is 19.0 Å². The molecule has 0 aliphatic heterocycles. The molecule has 1 aromatic heterocycles. The number of carbonyl (C=O) groups excluding carboxylic acids is 2. The minimum absolute atomic E-state index is 0.0574. The van der Waals surface area contributed by atoms with Crippen molar-refractivity contribution in [3.05, 3.63) is 60.1 Å². The Bertz CT molecular complexity index is 608. The summed E-state index contributed by atoms with van der Waals surface area (Å²) >= 11 is 0. The van der Waals surface area contributed by atoms with E-state index in [0.717, 1.165) is 12.8 Å². The highest BCUT2D eigenvalue weighted by Crippen LogP contribution is 2.05. The van der Waals surface area contributed by atoms with Crippen molar-refractivity contribution in [3.8, 4) is 0 Å². The normalized spacial score (nSPS) is 11.7. The van der Waals surface area contributed by atoms with Crippen molar-refractivity contribution >= 4 is 11.8 Å². The zero-order valence-corrected chi connectivity index (χ0v) is 13.2. The number of aryl methyl sites for hydroxylation is 1. The van der Waals surface area contributed by atoms with Gasteiger partial charge in [-0.15, -0.1) is 0 Å². The van der Waals surface area contributed by atoms with Gasteiger partial charge in [0.05, 0.1) is 11.8 Å². The second-order valence-corrected chi connectivity index (χ2v) is 5.51. The first-order valence-electron chi connectivity index (χ1n) is 7.79. The summed E-state index contributed by atoms with van der Waals surface area (Å²) in [5.41, 5.74) is 1.72. The van der Waals surface area contributed by atoms with Crippen LogP contribution in [0.4, 0.5) is 0 Å². The zero-order chi connectivity index (χ0) is 16.5. The number of carbonyl (C=O) groups is 2. The summed E-state index contributed by atoms with van der Waals surface area (Å²) in [5.74, 6) is -0.290. The standard InChI is InChI=1S/C18H22N2O3/c1-14(7-8-15-5-3-2-4-6-15)20-17(21)9-11-19-18(22)16-10-12-23-13-16/h2-6,10,12-14H,7-9,11H2,1H3,(H,19,22)(H,20,21). The predicted molar refractivity (Wildman–Crippen MR) is 88.0 cm³/mol. The number of rotatable bonds is 8. The van der Waals surface area contributed by atoms with Crippen LogP contribution in [-0.2, 0) is 11.2 Å². The number of benzene rings is 1. The van der Waals surface area contributed by atoms with Gasteiger partial charge in [-0.2, -0.15) is 0 Å². The van der Waals surface area contributed by atoms with Crippen LogP contribution in [0.1, 0.15) is 35.7 Å². The van der Waals surface area contributed by atoms with Crippen LogP contribution in [0.25, 0.3) is 0 Å². The average molecular weight is 314 g/mol. The lowest BCUT2D eigenvalue weighted by Gasteiger charge is -2.14. The van der Waals surface area contributed by atoms with E-state index in [9.17, 15) is 9.59 Å². The second-order valence-electron chi connectivity index (χ2n) is 5.51. The molecule has 5 nitrogen and oxygen atoms in total. The zero-order valence-electron chi connectivity index (χ0n) is 13.2. The number of nitrogens with one attached hydrogen (secondary N) is 2. The van der Waals surface area contributed by atoms with Crippen LogP contribution in [0.5, 0.6) is 0 Å². The molecular formula is C18H22N2O3. The van der Waals surface area contributed by atoms with Crippen molar-refractivity contribution in [1.29, 1.82) is 0 Å². The predicted octanol–water partition coefficient (Wildman–Crippen LogP) is 2.54. The molecule has 0 aliphatic carbocycles. The minimum atomic E-state index is -0.233. The lowest BCUT2D eigenvalue weighted by Crippen LogP contribution is -2.35. The first-order chi connectivity index (χ1) is 11.1. The van der Waals surface area contributed by atoms with E-state index < -0.39 is 0 Å². The maximum Gasteiger partial charge on any atom is 0.254 e. The van der Waals surface area contributed by atoms with Gasteiger partial charge in [0.1, 0.15) is 6.26 Å². The molecule has 2 amide bonds. The van der Waals surface area contributed by atoms with Crippen molar-refractivity contribution in [3.63, 3.8) is 0 Å². The van der Waals surface area contributed by atoms with E-state index in [-0.39, 0.29) is 24.3 Å². The third-order valence-corrected chi connectivity index (χ3v) is 3.54. The molecule has 23 heavy (non-hydrogen) atoms. The summed E-state index contributed by atoms with van der Waals surface area (Å²) in [6.45, 7) is 2.30. The van der Waals surface area contributed by atoms with E-state index in [1.807, 2.05) is 25.1 Å². The molecule has 0 saturated heterocycles.